The van der Waals surface area contributed by atoms with E-state index in [0.29, 0.717) is 13.2 Å². The van der Waals surface area contributed by atoms with Crippen molar-refractivity contribution in [1.82, 2.24) is 4.90 Å². The molecule has 0 fully saturated rings. The summed E-state index contributed by atoms with van der Waals surface area (Å²) in [5.41, 5.74) is 0.960. The maximum Gasteiger partial charge on any atom is 0.290 e. The summed E-state index contributed by atoms with van der Waals surface area (Å²) in [6.45, 7) is 6.28. The van der Waals surface area contributed by atoms with Crippen LogP contribution in [-0.2, 0) is 9.59 Å². The Balaban J connectivity index is 2.42. The molecule has 0 saturated carbocycles. The van der Waals surface area contributed by atoms with Gasteiger partial charge in [0.15, 0.2) is 11.5 Å². The third-order valence-corrected chi connectivity index (χ3v) is 3.65. The fourth-order valence-corrected chi connectivity index (χ4v) is 2.74. The number of benzene rings is 1. The van der Waals surface area contributed by atoms with Crippen LogP contribution in [0, 0.1) is 0 Å². The van der Waals surface area contributed by atoms with Gasteiger partial charge in [0.25, 0.3) is 5.91 Å². The molecule has 0 spiro atoms. The van der Waals surface area contributed by atoms with Gasteiger partial charge in [-0.25, -0.2) is 0 Å². The zero-order valence-corrected chi connectivity index (χ0v) is 13.1. The largest absolute Gasteiger partial charge is 0.503 e. The van der Waals surface area contributed by atoms with Crippen LogP contribution >= 0.6 is 0 Å². The quantitative estimate of drug-likeness (QED) is 0.877. The van der Waals surface area contributed by atoms with E-state index in [1.165, 1.54) is 6.92 Å². The first-order chi connectivity index (χ1) is 10.5. The van der Waals surface area contributed by atoms with Gasteiger partial charge in [0.1, 0.15) is 5.75 Å². The van der Waals surface area contributed by atoms with Crippen LogP contribution in [0.2, 0.25) is 0 Å². The Morgan fingerprint density at radius 2 is 1.91 bits per heavy atom. The van der Waals surface area contributed by atoms with Crippen LogP contribution in [0.25, 0.3) is 0 Å². The number of ether oxygens (including phenoxy) is 1. The number of hydrogen-bond acceptors (Lipinski definition) is 4. The van der Waals surface area contributed by atoms with Crippen molar-refractivity contribution >= 4 is 11.7 Å². The molecule has 1 atom stereocenters. The molecule has 22 heavy (non-hydrogen) atoms. The molecule has 1 aliphatic rings. The summed E-state index contributed by atoms with van der Waals surface area (Å²) in [4.78, 5) is 25.6. The minimum absolute atomic E-state index is 0.169. The zero-order valence-electron chi connectivity index (χ0n) is 13.1. The van der Waals surface area contributed by atoms with Crippen molar-refractivity contribution in [2.45, 2.75) is 33.2 Å². The van der Waals surface area contributed by atoms with Gasteiger partial charge in [-0.2, -0.15) is 0 Å². The number of ketones is 1. The Hall–Kier alpha value is -2.30. The molecule has 1 aromatic carbocycles. The summed E-state index contributed by atoms with van der Waals surface area (Å²) in [5, 5.41) is 10.0. The summed E-state index contributed by atoms with van der Waals surface area (Å²) >= 11 is 0. The van der Waals surface area contributed by atoms with Crippen LogP contribution in [0.3, 0.4) is 0 Å². The number of Topliss-reactive ketones (excluding diaryl/α,β-unsaturated/α-hetero) is 1. The number of carbonyl (C=O) groups excluding carboxylic acids is 2. The highest BCUT2D eigenvalue weighted by Gasteiger charge is 2.41. The first-order valence-electron chi connectivity index (χ1n) is 7.49. The topological polar surface area (TPSA) is 66.8 Å². The Bertz CT molecular complexity index is 604. The predicted octanol–water partition coefficient (Wildman–Crippen LogP) is 2.78. The van der Waals surface area contributed by atoms with Gasteiger partial charge in [0.2, 0.25) is 0 Å². The molecular formula is C17H21NO4. The lowest BCUT2D eigenvalue weighted by atomic mass is 9.96. The van der Waals surface area contributed by atoms with Crippen LogP contribution in [-0.4, -0.2) is 34.8 Å². The second kappa shape index (κ2) is 6.64. The molecule has 0 unspecified atom stereocenters. The Morgan fingerprint density at radius 1 is 1.27 bits per heavy atom. The van der Waals surface area contributed by atoms with Gasteiger partial charge < -0.3 is 14.7 Å². The van der Waals surface area contributed by atoms with Crippen molar-refractivity contribution in [3.05, 3.63) is 41.2 Å². The summed E-state index contributed by atoms with van der Waals surface area (Å²) in [7, 11) is 0. The van der Waals surface area contributed by atoms with Crippen LogP contribution in [0.4, 0.5) is 0 Å². The second-order valence-corrected chi connectivity index (χ2v) is 5.22. The van der Waals surface area contributed by atoms with E-state index in [-0.39, 0.29) is 11.4 Å². The van der Waals surface area contributed by atoms with E-state index in [4.69, 9.17) is 4.74 Å². The number of carbonyl (C=O) groups is 2. The molecule has 0 aliphatic carbocycles. The molecule has 1 aliphatic heterocycles. The molecule has 5 heteroatoms. The van der Waals surface area contributed by atoms with E-state index < -0.39 is 17.7 Å². The van der Waals surface area contributed by atoms with Crippen LogP contribution in [0.1, 0.15) is 38.8 Å². The highest BCUT2D eigenvalue weighted by molar-refractivity contribution is 6.08. The third kappa shape index (κ3) is 2.84. The molecule has 0 aromatic heterocycles. The summed E-state index contributed by atoms with van der Waals surface area (Å²) in [6.07, 6.45) is 0.748. The van der Waals surface area contributed by atoms with E-state index in [1.54, 1.807) is 17.0 Å². The SMILES string of the molecule is CCCN1C(=O)C(O)=C(C(C)=O)[C@@H]1c1ccc(OCC)cc1. The number of nitrogens with zero attached hydrogens (tertiary/aromatic N) is 1. The van der Waals surface area contributed by atoms with Crippen LogP contribution in [0.5, 0.6) is 5.75 Å². The maximum atomic E-state index is 12.2. The van der Waals surface area contributed by atoms with E-state index in [2.05, 4.69) is 0 Å². The molecule has 0 radical (unpaired) electrons. The minimum atomic E-state index is -0.527. The predicted molar refractivity (Wildman–Crippen MR) is 82.7 cm³/mol. The fraction of sp³-hybridized carbons (Fsp3) is 0.412. The van der Waals surface area contributed by atoms with Gasteiger partial charge in [-0.15, -0.1) is 0 Å². The first-order valence-corrected chi connectivity index (χ1v) is 7.49. The van der Waals surface area contributed by atoms with Gasteiger partial charge in [0.05, 0.1) is 18.2 Å². The third-order valence-electron chi connectivity index (χ3n) is 3.65. The molecular weight excluding hydrogens is 282 g/mol. The molecule has 1 aromatic rings. The average molecular weight is 303 g/mol. The fourth-order valence-electron chi connectivity index (χ4n) is 2.74. The minimum Gasteiger partial charge on any atom is -0.503 e. The highest BCUT2D eigenvalue weighted by Crippen LogP contribution is 2.38. The van der Waals surface area contributed by atoms with E-state index in [9.17, 15) is 14.7 Å². The Morgan fingerprint density at radius 3 is 2.41 bits per heavy atom. The number of aliphatic hydroxyl groups excluding tert-OH is 1. The van der Waals surface area contributed by atoms with Crippen LogP contribution < -0.4 is 4.74 Å². The number of hydrogen-bond donors (Lipinski definition) is 1. The smallest absolute Gasteiger partial charge is 0.290 e. The van der Waals surface area contributed by atoms with Gasteiger partial charge in [-0.3, -0.25) is 9.59 Å². The molecule has 118 valence electrons. The monoisotopic (exact) mass is 303 g/mol. The molecule has 2 rings (SSSR count). The molecule has 1 heterocycles. The second-order valence-electron chi connectivity index (χ2n) is 5.22. The average Bonchev–Trinajstić information content (AvgIpc) is 2.74. The maximum absolute atomic E-state index is 12.2. The van der Waals surface area contributed by atoms with E-state index in [0.717, 1.165) is 17.7 Å². The van der Waals surface area contributed by atoms with Crippen molar-refractivity contribution in [2.75, 3.05) is 13.2 Å². The summed E-state index contributed by atoms with van der Waals surface area (Å²) in [5.74, 6) is -0.468. The summed E-state index contributed by atoms with van der Waals surface area (Å²) in [6, 6.07) is 6.74. The van der Waals surface area contributed by atoms with Gasteiger partial charge >= 0.3 is 0 Å². The van der Waals surface area contributed by atoms with Crippen molar-refractivity contribution < 1.29 is 19.4 Å². The molecule has 5 nitrogen and oxygen atoms in total. The van der Waals surface area contributed by atoms with Crippen molar-refractivity contribution in [3.63, 3.8) is 0 Å². The van der Waals surface area contributed by atoms with E-state index in [1.807, 2.05) is 26.0 Å². The Kier molecular flexibility index (Phi) is 4.85. The highest BCUT2D eigenvalue weighted by atomic mass is 16.5. The summed E-state index contributed by atoms with van der Waals surface area (Å²) < 4.78 is 5.41. The van der Waals surface area contributed by atoms with Crippen molar-refractivity contribution in [1.29, 1.82) is 0 Å². The van der Waals surface area contributed by atoms with Gasteiger partial charge in [-0.05, 0) is 38.0 Å². The van der Waals surface area contributed by atoms with Crippen molar-refractivity contribution in [2.24, 2.45) is 0 Å². The number of rotatable bonds is 6. The van der Waals surface area contributed by atoms with E-state index >= 15 is 0 Å². The number of amides is 1. The lowest BCUT2D eigenvalue weighted by Gasteiger charge is -2.26. The molecule has 1 N–H and O–H groups in total. The standard InChI is InChI=1S/C17H21NO4/c1-4-10-18-15(14(11(3)19)16(20)17(18)21)12-6-8-13(9-7-12)22-5-2/h6-9,15,20H,4-5,10H2,1-3H3/t15-/m0/s1. The zero-order chi connectivity index (χ0) is 16.3. The van der Waals surface area contributed by atoms with Gasteiger partial charge in [0, 0.05) is 6.54 Å². The molecule has 0 saturated heterocycles. The first kappa shape index (κ1) is 16.1. The Labute approximate surface area is 130 Å². The lowest BCUT2D eigenvalue weighted by Crippen LogP contribution is -2.31. The van der Waals surface area contributed by atoms with Gasteiger partial charge in [-0.1, -0.05) is 19.1 Å². The van der Waals surface area contributed by atoms with Crippen molar-refractivity contribution in [3.8, 4) is 5.75 Å². The number of aliphatic hydroxyl groups is 1. The van der Waals surface area contributed by atoms with Crippen LogP contribution in [0.15, 0.2) is 35.6 Å². The lowest BCUT2D eigenvalue weighted by molar-refractivity contribution is -0.129. The molecule has 0 bridgehead atoms. The normalized spacial score (nSPS) is 18.0. The molecule has 1 amide bonds.